The molecular weight excluding hydrogens is 164 g/mol. The van der Waals surface area contributed by atoms with Gasteiger partial charge in [-0.25, -0.2) is 0 Å². The van der Waals surface area contributed by atoms with Crippen LogP contribution in [0, 0.1) is 11.8 Å². The molecule has 0 aromatic carbocycles. The van der Waals surface area contributed by atoms with Crippen LogP contribution in [0.25, 0.3) is 0 Å². The van der Waals surface area contributed by atoms with Gasteiger partial charge in [0.05, 0.1) is 0 Å². The van der Waals surface area contributed by atoms with Gasteiger partial charge < -0.3 is 10.6 Å². The highest BCUT2D eigenvalue weighted by Crippen LogP contribution is 2.51. The number of hydrogen-bond donors (Lipinski definition) is 2. The molecule has 1 aliphatic carbocycles. The van der Waals surface area contributed by atoms with Crippen molar-refractivity contribution in [2.24, 2.45) is 11.8 Å². The van der Waals surface area contributed by atoms with E-state index in [4.69, 9.17) is 0 Å². The van der Waals surface area contributed by atoms with Crippen LogP contribution in [0.5, 0.6) is 0 Å². The van der Waals surface area contributed by atoms with Crippen molar-refractivity contribution in [1.29, 1.82) is 0 Å². The molecule has 4 unspecified atom stereocenters. The highest BCUT2D eigenvalue weighted by molar-refractivity contribution is 5.14. The summed E-state index contributed by atoms with van der Waals surface area (Å²) < 4.78 is 0. The number of fused-ring (bicyclic) bond motifs is 6. The van der Waals surface area contributed by atoms with Crippen LogP contribution in [-0.2, 0) is 0 Å². The van der Waals surface area contributed by atoms with Gasteiger partial charge in [-0.3, -0.25) is 10.0 Å². The first-order valence-corrected chi connectivity index (χ1v) is 4.87. The highest BCUT2D eigenvalue weighted by atomic mass is 15.7. The summed E-state index contributed by atoms with van der Waals surface area (Å²) in [7, 11) is 0. The molecule has 4 heteroatoms. The van der Waals surface area contributed by atoms with Crippen molar-refractivity contribution in [3.8, 4) is 0 Å². The first-order chi connectivity index (χ1) is 6.45. The minimum atomic E-state index is 0.519. The van der Waals surface area contributed by atoms with Crippen LogP contribution in [0.2, 0.25) is 0 Å². The lowest BCUT2D eigenvalue weighted by Gasteiger charge is -2.42. The number of rotatable bonds is 0. The van der Waals surface area contributed by atoms with Crippen molar-refractivity contribution in [2.75, 3.05) is 0 Å². The molecule has 2 fully saturated rings. The van der Waals surface area contributed by atoms with Gasteiger partial charge in [-0.05, 0) is 6.42 Å². The fourth-order valence-electron chi connectivity index (χ4n) is 2.82. The maximum atomic E-state index is 3.40. The summed E-state index contributed by atoms with van der Waals surface area (Å²) in [6.45, 7) is 0. The summed E-state index contributed by atoms with van der Waals surface area (Å²) in [5.41, 5.74) is 0. The Kier molecular flexibility index (Phi) is 0.849. The molecule has 1 saturated heterocycles. The van der Waals surface area contributed by atoms with Gasteiger partial charge in [0.25, 0.3) is 0 Å². The molecule has 0 radical (unpaired) electrons. The fourth-order valence-corrected chi connectivity index (χ4v) is 2.82. The van der Waals surface area contributed by atoms with Gasteiger partial charge >= 0.3 is 0 Å². The number of nitrogens with one attached hydrogen (secondary N) is 2. The van der Waals surface area contributed by atoms with Gasteiger partial charge in [0, 0.05) is 36.6 Å². The standard InChI is InChI=1S/C9H12N4/c1-3-12-8(10-1)6-5-7(6)9-11-2-4-13(9)12/h1-4,6-11H,5H2. The Morgan fingerprint density at radius 3 is 2.00 bits per heavy atom. The molecule has 4 nitrogen and oxygen atoms in total. The normalized spacial score (nSPS) is 48.0. The lowest BCUT2D eigenvalue weighted by atomic mass is 10.2. The molecule has 0 bridgehead atoms. The molecule has 13 heavy (non-hydrogen) atoms. The van der Waals surface area contributed by atoms with Crippen molar-refractivity contribution in [3.63, 3.8) is 0 Å². The molecule has 3 heterocycles. The van der Waals surface area contributed by atoms with Crippen LogP contribution in [0.15, 0.2) is 24.8 Å². The van der Waals surface area contributed by atoms with Crippen LogP contribution in [0.1, 0.15) is 6.42 Å². The fraction of sp³-hybridized carbons (Fsp3) is 0.556. The zero-order valence-corrected chi connectivity index (χ0v) is 7.22. The van der Waals surface area contributed by atoms with E-state index in [9.17, 15) is 0 Å². The highest BCUT2D eigenvalue weighted by Gasteiger charge is 2.57. The smallest absolute Gasteiger partial charge is 0.121 e. The van der Waals surface area contributed by atoms with Gasteiger partial charge in [0.1, 0.15) is 12.3 Å². The Labute approximate surface area is 76.8 Å². The van der Waals surface area contributed by atoms with Crippen molar-refractivity contribution < 1.29 is 0 Å². The van der Waals surface area contributed by atoms with E-state index in [1.165, 1.54) is 6.42 Å². The molecule has 68 valence electrons. The maximum absolute atomic E-state index is 3.40. The van der Waals surface area contributed by atoms with E-state index in [2.05, 4.69) is 45.5 Å². The van der Waals surface area contributed by atoms with Gasteiger partial charge in [-0.1, -0.05) is 0 Å². The second-order valence-electron chi connectivity index (χ2n) is 4.18. The van der Waals surface area contributed by atoms with E-state index in [0.29, 0.717) is 12.3 Å². The maximum Gasteiger partial charge on any atom is 0.121 e. The predicted molar refractivity (Wildman–Crippen MR) is 47.4 cm³/mol. The lowest BCUT2D eigenvalue weighted by Crippen LogP contribution is -2.56. The van der Waals surface area contributed by atoms with Crippen LogP contribution >= 0.6 is 0 Å². The number of hydrazine groups is 1. The molecule has 0 amide bonds. The van der Waals surface area contributed by atoms with Gasteiger partial charge in [0.15, 0.2) is 0 Å². The van der Waals surface area contributed by atoms with Crippen LogP contribution in [0.3, 0.4) is 0 Å². The van der Waals surface area contributed by atoms with E-state index in [1.807, 2.05) is 0 Å². The zero-order valence-electron chi connectivity index (χ0n) is 7.22. The number of nitrogens with zero attached hydrogens (tertiary/aromatic N) is 2. The first kappa shape index (κ1) is 6.18. The van der Waals surface area contributed by atoms with Crippen LogP contribution in [0.4, 0.5) is 0 Å². The minimum Gasteiger partial charge on any atom is -0.368 e. The molecule has 2 N–H and O–H groups in total. The summed E-state index contributed by atoms with van der Waals surface area (Å²) in [6.07, 6.45) is 10.7. The Hall–Kier alpha value is -1.32. The van der Waals surface area contributed by atoms with Crippen LogP contribution in [-0.4, -0.2) is 22.3 Å². The molecule has 1 saturated carbocycles. The monoisotopic (exact) mass is 176 g/mol. The molecule has 4 aliphatic rings. The quantitative estimate of drug-likeness (QED) is 0.542. The van der Waals surface area contributed by atoms with E-state index >= 15 is 0 Å². The largest absolute Gasteiger partial charge is 0.368 e. The van der Waals surface area contributed by atoms with E-state index in [-0.39, 0.29) is 0 Å². The summed E-state index contributed by atoms with van der Waals surface area (Å²) in [5, 5.41) is 11.4. The van der Waals surface area contributed by atoms with Crippen LogP contribution < -0.4 is 10.6 Å². The van der Waals surface area contributed by atoms with Crippen molar-refractivity contribution in [3.05, 3.63) is 24.8 Å². The average Bonchev–Trinajstić information content (AvgIpc) is 2.67. The van der Waals surface area contributed by atoms with E-state index in [0.717, 1.165) is 11.8 Å². The zero-order chi connectivity index (χ0) is 8.41. The third kappa shape index (κ3) is 0.598. The Bertz CT molecular complexity index is 281. The third-order valence-corrected chi connectivity index (χ3v) is 3.53. The molecule has 0 aromatic rings. The van der Waals surface area contributed by atoms with E-state index in [1.54, 1.807) is 0 Å². The van der Waals surface area contributed by atoms with Gasteiger partial charge in [-0.15, -0.1) is 0 Å². The minimum absolute atomic E-state index is 0.519. The molecule has 0 spiro atoms. The van der Waals surface area contributed by atoms with Crippen molar-refractivity contribution in [2.45, 2.75) is 18.8 Å². The van der Waals surface area contributed by atoms with Gasteiger partial charge in [-0.2, -0.15) is 0 Å². The molecule has 3 aliphatic heterocycles. The second-order valence-corrected chi connectivity index (χ2v) is 4.18. The Morgan fingerprint density at radius 1 is 0.923 bits per heavy atom. The Balaban J connectivity index is 1.76. The summed E-state index contributed by atoms with van der Waals surface area (Å²) in [6, 6.07) is 0. The Morgan fingerprint density at radius 2 is 1.46 bits per heavy atom. The molecule has 4 atom stereocenters. The second kappa shape index (κ2) is 1.78. The molecule has 0 aromatic heterocycles. The topological polar surface area (TPSA) is 30.5 Å². The third-order valence-electron chi connectivity index (χ3n) is 3.53. The number of hydrogen-bond acceptors (Lipinski definition) is 4. The predicted octanol–water partition coefficient (Wildman–Crippen LogP) is -0.0439. The first-order valence-electron chi connectivity index (χ1n) is 4.87. The summed E-state index contributed by atoms with van der Waals surface area (Å²) in [5.74, 6) is 1.67. The van der Waals surface area contributed by atoms with Crippen molar-refractivity contribution in [1.82, 2.24) is 20.7 Å². The van der Waals surface area contributed by atoms with Crippen molar-refractivity contribution >= 4 is 0 Å². The molecular formula is C9H12N4. The summed E-state index contributed by atoms with van der Waals surface area (Å²) in [4.78, 5) is 0. The lowest BCUT2D eigenvalue weighted by molar-refractivity contribution is -0.0471. The van der Waals surface area contributed by atoms with E-state index < -0.39 is 0 Å². The average molecular weight is 176 g/mol. The summed E-state index contributed by atoms with van der Waals surface area (Å²) >= 11 is 0. The molecule has 4 rings (SSSR count). The SMILES string of the molecule is C1=CN2C(N1)C1CC1C1NC=CN12. The van der Waals surface area contributed by atoms with Gasteiger partial charge in [0.2, 0.25) is 0 Å².